The van der Waals surface area contributed by atoms with Gasteiger partial charge in [-0.1, -0.05) is 11.6 Å². The van der Waals surface area contributed by atoms with Crippen molar-refractivity contribution in [1.82, 2.24) is 0 Å². The minimum absolute atomic E-state index is 0.159. The third kappa shape index (κ3) is 1.34. The van der Waals surface area contributed by atoms with Gasteiger partial charge in [0.1, 0.15) is 11.5 Å². The van der Waals surface area contributed by atoms with Gasteiger partial charge in [-0.05, 0) is 12.1 Å². The zero-order valence-electron chi connectivity index (χ0n) is 6.96. The number of ether oxygens (including phenoxy) is 1. The second-order valence-electron chi connectivity index (χ2n) is 3.05. The summed E-state index contributed by atoms with van der Waals surface area (Å²) < 4.78 is 5.33. The fourth-order valence-electron chi connectivity index (χ4n) is 1.50. The molecule has 1 aromatic carbocycles. The summed E-state index contributed by atoms with van der Waals surface area (Å²) in [4.78, 5) is 0. The first kappa shape index (κ1) is 8.66. The molecule has 3 nitrogen and oxygen atoms in total. The lowest BCUT2D eigenvalue weighted by atomic mass is 10.0. The van der Waals surface area contributed by atoms with Crippen LogP contribution >= 0.6 is 11.6 Å². The van der Waals surface area contributed by atoms with E-state index in [0.29, 0.717) is 29.4 Å². The van der Waals surface area contributed by atoms with Crippen LogP contribution in [0.1, 0.15) is 18.0 Å². The minimum atomic E-state index is -0.178. The SMILES string of the molecule is N[C@@H]1CCOc2c(Cl)ccc(O)c21. The Morgan fingerprint density at radius 3 is 3.00 bits per heavy atom. The van der Waals surface area contributed by atoms with E-state index in [2.05, 4.69) is 0 Å². The Morgan fingerprint density at radius 2 is 2.31 bits per heavy atom. The first-order valence-corrected chi connectivity index (χ1v) is 4.47. The zero-order valence-corrected chi connectivity index (χ0v) is 7.71. The standard InChI is InChI=1S/C9H10ClNO2/c10-5-1-2-7(12)8-6(11)3-4-13-9(5)8/h1-2,6,12H,3-4,11H2/t6-/m1/s1. The van der Waals surface area contributed by atoms with E-state index in [1.165, 1.54) is 6.07 Å². The van der Waals surface area contributed by atoms with Crippen LogP contribution in [0.15, 0.2) is 12.1 Å². The van der Waals surface area contributed by atoms with Gasteiger partial charge in [-0.3, -0.25) is 0 Å². The predicted octanol–water partition coefficient (Wildman–Crippen LogP) is 1.83. The van der Waals surface area contributed by atoms with Gasteiger partial charge in [-0.25, -0.2) is 0 Å². The average molecular weight is 200 g/mol. The topological polar surface area (TPSA) is 55.5 Å². The van der Waals surface area contributed by atoms with Crippen LogP contribution in [0.5, 0.6) is 11.5 Å². The minimum Gasteiger partial charge on any atom is -0.507 e. The summed E-state index contributed by atoms with van der Waals surface area (Å²) in [6, 6.07) is 2.96. The van der Waals surface area contributed by atoms with Crippen molar-refractivity contribution in [2.24, 2.45) is 5.73 Å². The molecule has 3 N–H and O–H groups in total. The van der Waals surface area contributed by atoms with Gasteiger partial charge in [-0.15, -0.1) is 0 Å². The third-order valence-corrected chi connectivity index (χ3v) is 2.47. The fraction of sp³-hybridized carbons (Fsp3) is 0.333. The molecule has 0 fully saturated rings. The highest BCUT2D eigenvalue weighted by Gasteiger charge is 2.23. The van der Waals surface area contributed by atoms with Crippen LogP contribution in [0.4, 0.5) is 0 Å². The Kier molecular flexibility index (Phi) is 2.06. The predicted molar refractivity (Wildman–Crippen MR) is 50.2 cm³/mol. The highest BCUT2D eigenvalue weighted by atomic mass is 35.5. The number of phenolic OH excluding ortho intramolecular Hbond substituents is 1. The average Bonchev–Trinajstić information content (AvgIpc) is 2.12. The maximum Gasteiger partial charge on any atom is 0.146 e. The number of fused-ring (bicyclic) bond motifs is 1. The van der Waals surface area contributed by atoms with Crippen molar-refractivity contribution < 1.29 is 9.84 Å². The van der Waals surface area contributed by atoms with Gasteiger partial charge in [0.15, 0.2) is 0 Å². The maximum atomic E-state index is 9.53. The van der Waals surface area contributed by atoms with E-state index in [1.54, 1.807) is 6.07 Å². The lowest BCUT2D eigenvalue weighted by Crippen LogP contribution is -2.20. The summed E-state index contributed by atoms with van der Waals surface area (Å²) in [5.41, 5.74) is 6.44. The molecule has 4 heteroatoms. The van der Waals surface area contributed by atoms with Gasteiger partial charge in [0.2, 0.25) is 0 Å². The molecular formula is C9H10ClNO2. The number of benzene rings is 1. The Bertz CT molecular complexity index is 341. The summed E-state index contributed by atoms with van der Waals surface area (Å²) in [6.45, 7) is 0.553. The third-order valence-electron chi connectivity index (χ3n) is 2.17. The molecule has 1 aliphatic heterocycles. The molecule has 1 aliphatic rings. The first-order chi connectivity index (χ1) is 6.20. The van der Waals surface area contributed by atoms with Crippen LogP contribution in [0.2, 0.25) is 5.02 Å². The van der Waals surface area contributed by atoms with Crippen molar-refractivity contribution in [3.05, 3.63) is 22.7 Å². The van der Waals surface area contributed by atoms with Gasteiger partial charge in [-0.2, -0.15) is 0 Å². The van der Waals surface area contributed by atoms with Crippen molar-refractivity contribution in [3.8, 4) is 11.5 Å². The second kappa shape index (κ2) is 3.09. The van der Waals surface area contributed by atoms with Crippen molar-refractivity contribution in [1.29, 1.82) is 0 Å². The lowest BCUT2D eigenvalue weighted by molar-refractivity contribution is 0.264. The van der Waals surface area contributed by atoms with E-state index >= 15 is 0 Å². The molecule has 0 saturated heterocycles. The Hall–Kier alpha value is -0.930. The lowest BCUT2D eigenvalue weighted by Gasteiger charge is -2.24. The smallest absolute Gasteiger partial charge is 0.146 e. The van der Waals surface area contributed by atoms with Crippen molar-refractivity contribution >= 4 is 11.6 Å². The molecule has 70 valence electrons. The number of aromatic hydroxyl groups is 1. The molecule has 0 spiro atoms. The number of halogens is 1. The normalized spacial score (nSPS) is 20.6. The van der Waals surface area contributed by atoms with E-state index in [0.717, 1.165) is 0 Å². The van der Waals surface area contributed by atoms with E-state index in [9.17, 15) is 5.11 Å². The van der Waals surface area contributed by atoms with Crippen LogP contribution in [-0.4, -0.2) is 11.7 Å². The van der Waals surface area contributed by atoms with Crippen molar-refractivity contribution in [2.75, 3.05) is 6.61 Å². The number of hydrogen-bond acceptors (Lipinski definition) is 3. The molecule has 2 rings (SSSR count). The Labute approximate surface area is 81.1 Å². The quantitative estimate of drug-likeness (QED) is 0.670. The molecule has 1 aromatic rings. The van der Waals surface area contributed by atoms with E-state index in [-0.39, 0.29) is 11.8 Å². The zero-order chi connectivity index (χ0) is 9.42. The summed E-state index contributed by atoms with van der Waals surface area (Å²) in [5, 5.41) is 10.0. The van der Waals surface area contributed by atoms with Crippen LogP contribution < -0.4 is 10.5 Å². The Morgan fingerprint density at radius 1 is 1.54 bits per heavy atom. The van der Waals surface area contributed by atoms with E-state index in [1.807, 2.05) is 0 Å². The summed E-state index contributed by atoms with van der Waals surface area (Å²) in [7, 11) is 0. The summed E-state index contributed by atoms with van der Waals surface area (Å²) >= 11 is 5.89. The van der Waals surface area contributed by atoms with Crippen LogP contribution in [0.3, 0.4) is 0 Å². The highest BCUT2D eigenvalue weighted by Crippen LogP contribution is 2.41. The summed E-state index contributed by atoms with van der Waals surface area (Å²) in [5.74, 6) is 0.687. The molecule has 0 saturated carbocycles. The molecule has 0 amide bonds. The van der Waals surface area contributed by atoms with Gasteiger partial charge < -0.3 is 15.6 Å². The van der Waals surface area contributed by atoms with Crippen LogP contribution in [-0.2, 0) is 0 Å². The fourth-order valence-corrected chi connectivity index (χ4v) is 1.72. The number of rotatable bonds is 0. The van der Waals surface area contributed by atoms with Crippen LogP contribution in [0, 0.1) is 0 Å². The van der Waals surface area contributed by atoms with E-state index in [4.69, 9.17) is 22.1 Å². The molecule has 1 heterocycles. The number of hydrogen-bond donors (Lipinski definition) is 2. The molecule has 13 heavy (non-hydrogen) atoms. The molecule has 0 unspecified atom stereocenters. The molecule has 0 radical (unpaired) electrons. The van der Waals surface area contributed by atoms with Gasteiger partial charge in [0.25, 0.3) is 0 Å². The number of phenols is 1. The van der Waals surface area contributed by atoms with Crippen molar-refractivity contribution in [2.45, 2.75) is 12.5 Å². The molecule has 0 aromatic heterocycles. The Balaban J connectivity index is 2.60. The molecule has 0 bridgehead atoms. The second-order valence-corrected chi connectivity index (χ2v) is 3.46. The van der Waals surface area contributed by atoms with Gasteiger partial charge in [0.05, 0.1) is 17.2 Å². The largest absolute Gasteiger partial charge is 0.507 e. The highest BCUT2D eigenvalue weighted by molar-refractivity contribution is 6.32. The van der Waals surface area contributed by atoms with Crippen molar-refractivity contribution in [3.63, 3.8) is 0 Å². The number of nitrogens with two attached hydrogens (primary N) is 1. The monoisotopic (exact) mass is 199 g/mol. The molecular weight excluding hydrogens is 190 g/mol. The summed E-state index contributed by atoms with van der Waals surface area (Å²) in [6.07, 6.45) is 0.709. The van der Waals surface area contributed by atoms with Gasteiger partial charge >= 0.3 is 0 Å². The van der Waals surface area contributed by atoms with Crippen LogP contribution in [0.25, 0.3) is 0 Å². The maximum absolute atomic E-state index is 9.53. The first-order valence-electron chi connectivity index (χ1n) is 4.10. The molecule has 0 aliphatic carbocycles. The molecule has 1 atom stereocenters. The van der Waals surface area contributed by atoms with E-state index < -0.39 is 0 Å². The van der Waals surface area contributed by atoms with Gasteiger partial charge in [0, 0.05) is 12.5 Å².